The van der Waals surface area contributed by atoms with Crippen LogP contribution in [0.25, 0.3) is 11.4 Å². The number of anilines is 2. The normalized spacial score (nSPS) is 17.8. The molecule has 19 nitrogen and oxygen atoms in total. The highest BCUT2D eigenvalue weighted by Crippen LogP contribution is 2.33. The first-order valence-electron chi connectivity index (χ1n) is 20.9. The summed E-state index contributed by atoms with van der Waals surface area (Å²) in [4.78, 5) is 67.6. The molecule has 6 amide bonds. The maximum atomic E-state index is 13.1. The summed E-state index contributed by atoms with van der Waals surface area (Å²) in [5.74, 6) is 1.23. The lowest BCUT2D eigenvalue weighted by Gasteiger charge is -2.40. The van der Waals surface area contributed by atoms with Crippen molar-refractivity contribution in [3.05, 3.63) is 72.8 Å². The Labute approximate surface area is 368 Å². The molecule has 2 unspecified atom stereocenters. The molecule has 2 N–H and O–H groups in total. The Morgan fingerprint density at radius 3 is 1.81 bits per heavy atom. The number of nitrogens with zero attached hydrogens (tertiary/aromatic N) is 9. The summed E-state index contributed by atoms with van der Waals surface area (Å²) in [5, 5.41) is 12.7. The summed E-state index contributed by atoms with van der Waals surface area (Å²) < 4.78 is 25.7. The Kier molecular flexibility index (Phi) is 13.8. The molecule has 2 aromatic heterocycles. The molecule has 3 aliphatic heterocycles. The predicted molar refractivity (Wildman–Crippen MR) is 235 cm³/mol. The van der Waals surface area contributed by atoms with Crippen molar-refractivity contribution in [1.82, 2.24) is 38.7 Å². The maximum absolute atomic E-state index is 13.1. The van der Waals surface area contributed by atoms with E-state index in [1.165, 1.54) is 9.80 Å². The molecular formula is C44H60N10O9. The molecule has 3 aliphatic rings. The van der Waals surface area contributed by atoms with Crippen LogP contribution in [0.4, 0.5) is 30.6 Å². The standard InChI is InChI=1S/C22H31N5O5.C22H29N5O4/c1-15-11-26(14-23-15)18-7-6-16(10-19(18)31-5)24-20(29)27-9-8-25(12-17(27)13-28)21(30)32-22(2,3)4;1-15-11-25(14-23-15)18-7-6-16(10-19(18)30-5)27-13-17-12-24(8-9-26(17)20(27)28)21(29)31-22(2,3)4/h6-7,10-11,14,17,28H,8-9,12-13H2,1-5H3,(H,24,29);6-7,10-11,14,17H,8-9,12-13H2,1-5H3. The molecule has 0 bridgehead atoms. The molecule has 3 saturated heterocycles. The predicted octanol–water partition coefficient (Wildman–Crippen LogP) is 5.69. The van der Waals surface area contributed by atoms with E-state index >= 15 is 0 Å². The highest BCUT2D eigenvalue weighted by molar-refractivity contribution is 5.95. The van der Waals surface area contributed by atoms with Gasteiger partial charge in [0.15, 0.2) is 0 Å². The van der Waals surface area contributed by atoms with Gasteiger partial charge in [0.25, 0.3) is 0 Å². The molecule has 19 heteroatoms. The lowest BCUT2D eigenvalue weighted by molar-refractivity contribution is 0.00409. The monoisotopic (exact) mass is 872 g/mol. The van der Waals surface area contributed by atoms with Gasteiger partial charge in [-0.25, -0.2) is 29.1 Å². The molecule has 2 aromatic carbocycles. The van der Waals surface area contributed by atoms with E-state index < -0.39 is 23.3 Å². The number of aliphatic hydroxyl groups excluding tert-OH is 1. The van der Waals surface area contributed by atoms with Gasteiger partial charge in [0.05, 0.1) is 68.3 Å². The van der Waals surface area contributed by atoms with Gasteiger partial charge in [0, 0.05) is 81.7 Å². The van der Waals surface area contributed by atoms with Gasteiger partial charge in [-0.05, 0) is 79.7 Å². The minimum Gasteiger partial charge on any atom is -0.494 e. The quantitative estimate of drug-likeness (QED) is 0.232. The number of hydrogen-bond acceptors (Lipinski definition) is 11. The van der Waals surface area contributed by atoms with Gasteiger partial charge >= 0.3 is 24.2 Å². The number of amides is 6. The van der Waals surface area contributed by atoms with Crippen LogP contribution in [0.2, 0.25) is 0 Å². The van der Waals surface area contributed by atoms with Crippen molar-refractivity contribution in [2.75, 3.05) is 76.9 Å². The summed E-state index contributed by atoms with van der Waals surface area (Å²) in [5.41, 5.74) is 3.60. The summed E-state index contributed by atoms with van der Waals surface area (Å²) in [6.07, 6.45) is 6.45. The van der Waals surface area contributed by atoms with Crippen LogP contribution in [0.3, 0.4) is 0 Å². The maximum Gasteiger partial charge on any atom is 0.410 e. The fourth-order valence-corrected chi connectivity index (χ4v) is 7.50. The molecule has 63 heavy (non-hydrogen) atoms. The number of aryl methyl sites for hydroxylation is 2. The van der Waals surface area contributed by atoms with Crippen molar-refractivity contribution < 1.29 is 43.2 Å². The first-order chi connectivity index (χ1) is 29.8. The van der Waals surface area contributed by atoms with Crippen molar-refractivity contribution in [2.24, 2.45) is 0 Å². The van der Waals surface area contributed by atoms with E-state index in [1.807, 2.05) is 85.3 Å². The zero-order chi connectivity index (χ0) is 45.8. The van der Waals surface area contributed by atoms with Crippen LogP contribution in [0.5, 0.6) is 11.5 Å². The van der Waals surface area contributed by atoms with Crippen LogP contribution in [-0.2, 0) is 9.47 Å². The minimum atomic E-state index is -0.610. The number of nitrogens with one attached hydrogen (secondary N) is 1. The van der Waals surface area contributed by atoms with Gasteiger partial charge in [-0.1, -0.05) is 0 Å². The number of ether oxygens (including phenoxy) is 4. The van der Waals surface area contributed by atoms with E-state index in [0.29, 0.717) is 49.9 Å². The van der Waals surface area contributed by atoms with Crippen molar-refractivity contribution >= 4 is 35.6 Å². The molecule has 0 saturated carbocycles. The third-order valence-corrected chi connectivity index (χ3v) is 10.5. The summed E-state index contributed by atoms with van der Waals surface area (Å²) in [6, 6.07) is 10.0. The summed E-state index contributed by atoms with van der Waals surface area (Å²) in [7, 11) is 3.17. The number of benzene rings is 2. The molecule has 0 radical (unpaired) electrons. The van der Waals surface area contributed by atoms with Crippen molar-refractivity contribution in [1.29, 1.82) is 0 Å². The number of fused-ring (bicyclic) bond motifs is 1. The second-order valence-corrected chi connectivity index (χ2v) is 17.6. The Morgan fingerprint density at radius 2 is 1.29 bits per heavy atom. The van der Waals surface area contributed by atoms with E-state index in [2.05, 4.69) is 15.3 Å². The molecule has 3 fully saturated rings. The van der Waals surface area contributed by atoms with Crippen LogP contribution in [0.1, 0.15) is 52.9 Å². The SMILES string of the molecule is COc1cc(N2CC3CN(C(=O)OC(C)(C)C)CCN3C2=O)ccc1-n1cnc(C)c1.COc1cc(NC(=O)N2CCN(C(=O)OC(C)(C)C)CC2CO)ccc1-n1cnc(C)c1. The number of carbonyl (C=O) groups excluding carboxylic acids is 4. The topological polar surface area (TPSA) is 189 Å². The Bertz CT molecular complexity index is 2280. The Hall–Kier alpha value is -6.50. The molecule has 7 rings (SSSR count). The Morgan fingerprint density at radius 1 is 0.746 bits per heavy atom. The Balaban J connectivity index is 0.000000210. The average molecular weight is 873 g/mol. The van der Waals surface area contributed by atoms with E-state index in [0.717, 1.165) is 28.5 Å². The van der Waals surface area contributed by atoms with Gasteiger partial charge in [-0.15, -0.1) is 0 Å². The van der Waals surface area contributed by atoms with E-state index in [-0.39, 0.29) is 43.9 Å². The molecule has 340 valence electrons. The van der Waals surface area contributed by atoms with Crippen molar-refractivity contribution in [3.63, 3.8) is 0 Å². The lowest BCUT2D eigenvalue weighted by atomic mass is 10.2. The number of urea groups is 2. The number of imidazole rings is 2. The fourth-order valence-electron chi connectivity index (χ4n) is 7.50. The minimum absolute atomic E-state index is 0.0536. The third-order valence-electron chi connectivity index (χ3n) is 10.5. The number of piperazine rings is 2. The van der Waals surface area contributed by atoms with E-state index in [1.54, 1.807) is 69.6 Å². The van der Waals surface area contributed by atoms with Crippen LogP contribution in [-0.4, -0.2) is 158 Å². The van der Waals surface area contributed by atoms with Gasteiger partial charge < -0.3 is 58.1 Å². The molecule has 0 spiro atoms. The number of aliphatic hydroxyl groups is 1. The molecular weight excluding hydrogens is 813 g/mol. The third kappa shape index (κ3) is 11.1. The number of aromatic nitrogens is 4. The smallest absolute Gasteiger partial charge is 0.410 e. The number of carbonyl (C=O) groups is 4. The largest absolute Gasteiger partial charge is 0.494 e. The van der Waals surface area contributed by atoms with Crippen LogP contribution in [0.15, 0.2) is 61.4 Å². The first-order valence-corrected chi connectivity index (χ1v) is 20.9. The van der Waals surface area contributed by atoms with E-state index in [9.17, 15) is 24.3 Å². The summed E-state index contributed by atoms with van der Waals surface area (Å²) >= 11 is 0. The van der Waals surface area contributed by atoms with Crippen LogP contribution >= 0.6 is 0 Å². The van der Waals surface area contributed by atoms with Crippen LogP contribution in [0, 0.1) is 13.8 Å². The number of hydrogen-bond donors (Lipinski definition) is 2. The average Bonchev–Trinajstić information content (AvgIpc) is 3.96. The molecule has 2 atom stereocenters. The van der Waals surface area contributed by atoms with Crippen molar-refractivity contribution in [2.45, 2.75) is 78.7 Å². The highest BCUT2D eigenvalue weighted by atomic mass is 16.6. The zero-order valence-corrected chi connectivity index (χ0v) is 37.8. The molecule has 0 aliphatic carbocycles. The molecule has 5 heterocycles. The second-order valence-electron chi connectivity index (χ2n) is 17.6. The number of methoxy groups -OCH3 is 2. The zero-order valence-electron chi connectivity index (χ0n) is 37.8. The fraction of sp³-hybridized carbons (Fsp3) is 0.500. The van der Waals surface area contributed by atoms with Gasteiger partial charge in [-0.2, -0.15) is 0 Å². The van der Waals surface area contributed by atoms with Gasteiger partial charge in [0.2, 0.25) is 0 Å². The first kappa shape index (κ1) is 46.0. The lowest BCUT2D eigenvalue weighted by Crippen LogP contribution is -2.59. The highest BCUT2D eigenvalue weighted by Gasteiger charge is 2.43. The van der Waals surface area contributed by atoms with Crippen molar-refractivity contribution in [3.8, 4) is 22.9 Å². The summed E-state index contributed by atoms with van der Waals surface area (Å²) in [6.45, 7) is 17.2. The van der Waals surface area contributed by atoms with E-state index in [4.69, 9.17) is 18.9 Å². The van der Waals surface area contributed by atoms with Gasteiger partial charge in [-0.3, -0.25) is 4.90 Å². The molecule has 4 aromatic rings. The second kappa shape index (κ2) is 18.9. The van der Waals surface area contributed by atoms with Gasteiger partial charge in [0.1, 0.15) is 22.7 Å². The number of rotatable bonds is 7. The van der Waals surface area contributed by atoms with Crippen LogP contribution < -0.4 is 19.7 Å².